The second kappa shape index (κ2) is 16.3. The molecule has 138 valence electrons. The Morgan fingerprint density at radius 3 is 1.61 bits per heavy atom. The van der Waals surface area contributed by atoms with Crippen LogP contribution in [0.4, 0.5) is 0 Å². The molecule has 0 amide bonds. The van der Waals surface area contributed by atoms with Crippen molar-refractivity contribution in [2.24, 2.45) is 11.8 Å². The fourth-order valence-electron chi connectivity index (χ4n) is 2.80. The van der Waals surface area contributed by atoms with Crippen molar-refractivity contribution in [2.75, 3.05) is 6.61 Å². The zero-order valence-electron chi connectivity index (χ0n) is 16.4. The second-order valence-corrected chi connectivity index (χ2v) is 7.87. The minimum absolute atomic E-state index is 0.00647. The molecule has 0 atom stereocenters. The van der Waals surface area contributed by atoms with E-state index in [4.69, 9.17) is 4.74 Å². The Kier molecular flexibility index (Phi) is 16.0. The molecule has 0 fully saturated rings. The highest BCUT2D eigenvalue weighted by Crippen LogP contribution is 2.12. The number of unbranched alkanes of at least 4 members (excludes halogenated alkanes) is 8. The maximum Gasteiger partial charge on any atom is 0.305 e. The quantitative estimate of drug-likeness (QED) is 0.227. The van der Waals surface area contributed by atoms with Gasteiger partial charge in [-0.1, -0.05) is 91.9 Å². The average molecular weight is 327 g/mol. The van der Waals surface area contributed by atoms with E-state index in [9.17, 15) is 4.79 Å². The van der Waals surface area contributed by atoms with Gasteiger partial charge in [-0.25, -0.2) is 0 Å². The van der Waals surface area contributed by atoms with Gasteiger partial charge < -0.3 is 4.74 Å². The SMILES string of the molecule is CC(C)CCCCCCCCC(=O)OCCCCCCC(C)C. The molecule has 0 heterocycles. The van der Waals surface area contributed by atoms with Gasteiger partial charge in [-0.15, -0.1) is 0 Å². The Labute approximate surface area is 145 Å². The fraction of sp³-hybridized carbons (Fsp3) is 0.952. The molecule has 0 aromatic rings. The highest BCUT2D eigenvalue weighted by Gasteiger charge is 2.03. The monoisotopic (exact) mass is 326 g/mol. The van der Waals surface area contributed by atoms with Crippen LogP contribution in [-0.4, -0.2) is 12.6 Å². The maximum atomic E-state index is 11.6. The predicted molar refractivity (Wildman–Crippen MR) is 101 cm³/mol. The zero-order valence-corrected chi connectivity index (χ0v) is 16.4. The van der Waals surface area contributed by atoms with Crippen molar-refractivity contribution in [1.29, 1.82) is 0 Å². The van der Waals surface area contributed by atoms with E-state index < -0.39 is 0 Å². The van der Waals surface area contributed by atoms with Gasteiger partial charge in [-0.2, -0.15) is 0 Å². The van der Waals surface area contributed by atoms with Crippen LogP contribution in [0.5, 0.6) is 0 Å². The number of hydrogen-bond donors (Lipinski definition) is 0. The minimum Gasteiger partial charge on any atom is -0.466 e. The molecule has 0 aliphatic heterocycles. The van der Waals surface area contributed by atoms with Crippen LogP contribution in [0.25, 0.3) is 0 Å². The summed E-state index contributed by atoms with van der Waals surface area (Å²) in [5.41, 5.74) is 0. The van der Waals surface area contributed by atoms with Crippen LogP contribution in [0, 0.1) is 11.8 Å². The Morgan fingerprint density at radius 2 is 1.09 bits per heavy atom. The lowest BCUT2D eigenvalue weighted by molar-refractivity contribution is -0.143. The summed E-state index contributed by atoms with van der Waals surface area (Å²) in [6.45, 7) is 9.74. The van der Waals surface area contributed by atoms with Crippen molar-refractivity contribution in [1.82, 2.24) is 0 Å². The van der Waals surface area contributed by atoms with Crippen LogP contribution in [0.15, 0.2) is 0 Å². The molecule has 0 spiro atoms. The first-order chi connectivity index (χ1) is 11.0. The summed E-state index contributed by atoms with van der Waals surface area (Å²) in [6.07, 6.45) is 15.5. The van der Waals surface area contributed by atoms with E-state index in [2.05, 4.69) is 27.7 Å². The molecule has 0 saturated heterocycles. The Bertz CT molecular complexity index is 259. The molecule has 2 heteroatoms. The summed E-state index contributed by atoms with van der Waals surface area (Å²) in [5, 5.41) is 0. The summed E-state index contributed by atoms with van der Waals surface area (Å²) in [6, 6.07) is 0. The molecular formula is C21H42O2. The van der Waals surface area contributed by atoms with Gasteiger partial charge >= 0.3 is 5.97 Å². The topological polar surface area (TPSA) is 26.3 Å². The third-order valence-electron chi connectivity index (χ3n) is 4.35. The first kappa shape index (κ1) is 22.5. The van der Waals surface area contributed by atoms with Gasteiger partial charge in [0.15, 0.2) is 0 Å². The molecule has 0 radical (unpaired) electrons. The molecule has 0 rings (SSSR count). The maximum absolute atomic E-state index is 11.6. The van der Waals surface area contributed by atoms with Gasteiger partial charge in [0.05, 0.1) is 6.61 Å². The number of esters is 1. The van der Waals surface area contributed by atoms with Crippen LogP contribution in [0.2, 0.25) is 0 Å². The fourth-order valence-corrected chi connectivity index (χ4v) is 2.80. The predicted octanol–water partition coefficient (Wildman–Crippen LogP) is 6.91. The summed E-state index contributed by atoms with van der Waals surface area (Å²) in [4.78, 5) is 11.6. The minimum atomic E-state index is 0.00647. The van der Waals surface area contributed by atoms with E-state index in [-0.39, 0.29) is 5.97 Å². The summed E-state index contributed by atoms with van der Waals surface area (Å²) < 4.78 is 5.30. The van der Waals surface area contributed by atoms with Crippen molar-refractivity contribution in [2.45, 2.75) is 111 Å². The van der Waals surface area contributed by atoms with Crippen molar-refractivity contribution >= 4 is 5.97 Å². The van der Waals surface area contributed by atoms with Gasteiger partial charge in [0.25, 0.3) is 0 Å². The van der Waals surface area contributed by atoms with E-state index in [0.29, 0.717) is 13.0 Å². The largest absolute Gasteiger partial charge is 0.466 e. The normalized spacial score (nSPS) is 11.4. The van der Waals surface area contributed by atoms with Gasteiger partial charge in [0, 0.05) is 6.42 Å². The summed E-state index contributed by atoms with van der Waals surface area (Å²) in [7, 11) is 0. The first-order valence-electron chi connectivity index (χ1n) is 10.2. The lowest BCUT2D eigenvalue weighted by Gasteiger charge is -2.06. The van der Waals surface area contributed by atoms with Gasteiger partial charge in [0.2, 0.25) is 0 Å². The Balaban J connectivity index is 3.19. The molecule has 0 aromatic heterocycles. The molecule has 2 nitrogen and oxygen atoms in total. The number of rotatable bonds is 16. The molecule has 0 unspecified atom stereocenters. The molecule has 0 aromatic carbocycles. The average Bonchev–Trinajstić information content (AvgIpc) is 2.48. The molecular weight excluding hydrogens is 284 g/mol. The molecule has 0 bridgehead atoms. The smallest absolute Gasteiger partial charge is 0.305 e. The lowest BCUT2D eigenvalue weighted by Crippen LogP contribution is -2.05. The van der Waals surface area contributed by atoms with E-state index in [1.165, 1.54) is 64.2 Å². The molecule has 0 aliphatic carbocycles. The number of carbonyl (C=O) groups excluding carboxylic acids is 1. The van der Waals surface area contributed by atoms with Crippen molar-refractivity contribution in [3.05, 3.63) is 0 Å². The Hall–Kier alpha value is -0.530. The van der Waals surface area contributed by atoms with E-state index in [1.54, 1.807) is 0 Å². The van der Waals surface area contributed by atoms with Crippen LogP contribution in [-0.2, 0) is 9.53 Å². The molecule has 23 heavy (non-hydrogen) atoms. The van der Waals surface area contributed by atoms with Crippen molar-refractivity contribution in [3.63, 3.8) is 0 Å². The van der Waals surface area contributed by atoms with Gasteiger partial charge in [-0.3, -0.25) is 4.79 Å². The third-order valence-corrected chi connectivity index (χ3v) is 4.35. The van der Waals surface area contributed by atoms with E-state index >= 15 is 0 Å². The number of ether oxygens (including phenoxy) is 1. The standard InChI is InChI=1S/C21H42O2/c1-19(2)15-11-7-5-6-8-13-17-21(22)23-18-14-10-9-12-16-20(3)4/h19-20H,5-18H2,1-4H3. The van der Waals surface area contributed by atoms with E-state index in [0.717, 1.165) is 24.7 Å². The van der Waals surface area contributed by atoms with Gasteiger partial charge in [0.1, 0.15) is 0 Å². The highest BCUT2D eigenvalue weighted by molar-refractivity contribution is 5.69. The van der Waals surface area contributed by atoms with Crippen LogP contribution < -0.4 is 0 Å². The Morgan fingerprint density at radius 1 is 0.652 bits per heavy atom. The first-order valence-corrected chi connectivity index (χ1v) is 10.2. The van der Waals surface area contributed by atoms with Crippen molar-refractivity contribution < 1.29 is 9.53 Å². The summed E-state index contributed by atoms with van der Waals surface area (Å²) in [5.74, 6) is 1.65. The zero-order chi connectivity index (χ0) is 17.3. The lowest BCUT2D eigenvalue weighted by atomic mass is 10.0. The van der Waals surface area contributed by atoms with E-state index in [1.807, 2.05) is 0 Å². The van der Waals surface area contributed by atoms with Crippen molar-refractivity contribution in [3.8, 4) is 0 Å². The van der Waals surface area contributed by atoms with Crippen LogP contribution in [0.1, 0.15) is 111 Å². The number of hydrogen-bond acceptors (Lipinski definition) is 2. The van der Waals surface area contributed by atoms with Crippen LogP contribution in [0.3, 0.4) is 0 Å². The highest BCUT2D eigenvalue weighted by atomic mass is 16.5. The third kappa shape index (κ3) is 19.4. The second-order valence-electron chi connectivity index (χ2n) is 7.87. The molecule has 0 N–H and O–H groups in total. The summed E-state index contributed by atoms with van der Waals surface area (Å²) >= 11 is 0. The number of carbonyl (C=O) groups is 1. The molecule has 0 aliphatic rings. The molecule has 0 saturated carbocycles. The van der Waals surface area contributed by atoms with Crippen LogP contribution >= 0.6 is 0 Å². The van der Waals surface area contributed by atoms with Gasteiger partial charge in [-0.05, 0) is 24.7 Å².